The third-order valence-electron chi connectivity index (χ3n) is 2.31. The summed E-state index contributed by atoms with van der Waals surface area (Å²) in [5.41, 5.74) is 0. The Hall–Kier alpha value is -1.02. The zero-order valence-corrected chi connectivity index (χ0v) is 12.3. The lowest BCUT2D eigenvalue weighted by atomic mass is 10.4. The van der Waals surface area contributed by atoms with E-state index in [1.807, 2.05) is 0 Å². The van der Waals surface area contributed by atoms with Crippen molar-refractivity contribution in [2.24, 2.45) is 0 Å². The van der Waals surface area contributed by atoms with Crippen LogP contribution in [0.15, 0.2) is 23.1 Å². The van der Waals surface area contributed by atoms with Gasteiger partial charge in [-0.3, -0.25) is 0 Å². The summed E-state index contributed by atoms with van der Waals surface area (Å²) in [4.78, 5) is 10.2. The van der Waals surface area contributed by atoms with E-state index in [1.54, 1.807) is 0 Å². The predicted octanol–water partition coefficient (Wildman–Crippen LogP) is 1.88. The highest BCUT2D eigenvalue weighted by molar-refractivity contribution is 7.89. The Morgan fingerprint density at radius 2 is 2.05 bits per heavy atom. The Kier molecular flexibility index (Phi) is 5.42. The molecule has 0 heterocycles. The van der Waals surface area contributed by atoms with Crippen molar-refractivity contribution < 1.29 is 18.3 Å². The van der Waals surface area contributed by atoms with Crippen LogP contribution < -0.4 is 5.32 Å². The van der Waals surface area contributed by atoms with Crippen LogP contribution in [-0.4, -0.2) is 44.1 Å². The van der Waals surface area contributed by atoms with E-state index in [2.05, 4.69) is 5.32 Å². The van der Waals surface area contributed by atoms with E-state index in [0.29, 0.717) is 0 Å². The zero-order chi connectivity index (χ0) is 14.6. The molecule has 0 bridgehead atoms. The van der Waals surface area contributed by atoms with Gasteiger partial charge < -0.3 is 10.4 Å². The molecule has 0 spiro atoms. The SMILES string of the molecule is CN(CCNC(=O)O)S(=O)(=O)c1cccc(Cl)c1Cl. The fourth-order valence-electron chi connectivity index (χ4n) is 1.29. The smallest absolute Gasteiger partial charge is 0.404 e. The van der Waals surface area contributed by atoms with Crippen LogP contribution >= 0.6 is 23.2 Å². The standard InChI is InChI=1S/C10H12Cl2N2O4S/c1-14(6-5-13-10(15)16)19(17,18)8-4-2-3-7(11)9(8)12/h2-4,13H,5-6H2,1H3,(H,15,16). The summed E-state index contributed by atoms with van der Waals surface area (Å²) in [6.07, 6.45) is -1.22. The van der Waals surface area contributed by atoms with Crippen LogP contribution in [0.1, 0.15) is 0 Å². The molecule has 9 heteroatoms. The number of hydrogen-bond donors (Lipinski definition) is 2. The minimum atomic E-state index is -3.81. The van der Waals surface area contributed by atoms with Gasteiger partial charge in [-0.05, 0) is 12.1 Å². The molecule has 0 aromatic heterocycles. The quantitative estimate of drug-likeness (QED) is 0.864. The van der Waals surface area contributed by atoms with E-state index >= 15 is 0 Å². The normalized spacial score (nSPS) is 11.6. The third kappa shape index (κ3) is 3.97. The van der Waals surface area contributed by atoms with Crippen LogP contribution in [0.2, 0.25) is 10.0 Å². The van der Waals surface area contributed by atoms with Gasteiger partial charge in [0.1, 0.15) is 4.90 Å². The summed E-state index contributed by atoms with van der Waals surface area (Å²) in [5.74, 6) is 0. The van der Waals surface area contributed by atoms with Crippen LogP contribution in [0.4, 0.5) is 4.79 Å². The molecular formula is C10H12Cl2N2O4S. The maximum absolute atomic E-state index is 12.2. The number of sulfonamides is 1. The number of rotatable bonds is 5. The first-order chi connectivity index (χ1) is 8.76. The van der Waals surface area contributed by atoms with Crippen LogP contribution in [0.5, 0.6) is 0 Å². The number of benzene rings is 1. The van der Waals surface area contributed by atoms with Crippen LogP contribution in [0.3, 0.4) is 0 Å². The first-order valence-electron chi connectivity index (χ1n) is 5.14. The Labute approximate surface area is 121 Å². The van der Waals surface area contributed by atoms with Crippen molar-refractivity contribution in [3.8, 4) is 0 Å². The van der Waals surface area contributed by atoms with Crippen molar-refractivity contribution in [3.05, 3.63) is 28.2 Å². The predicted molar refractivity (Wildman–Crippen MR) is 72.3 cm³/mol. The molecule has 1 aromatic carbocycles. The topological polar surface area (TPSA) is 86.7 Å². The lowest BCUT2D eigenvalue weighted by Crippen LogP contribution is -2.35. The van der Waals surface area contributed by atoms with Crippen molar-refractivity contribution in [3.63, 3.8) is 0 Å². The average molecular weight is 327 g/mol. The maximum Gasteiger partial charge on any atom is 0.404 e. The highest BCUT2D eigenvalue weighted by Gasteiger charge is 2.24. The number of likely N-dealkylation sites (N-methyl/N-ethyl adjacent to an activating group) is 1. The van der Waals surface area contributed by atoms with Gasteiger partial charge in [0.05, 0.1) is 10.0 Å². The molecule has 1 rings (SSSR count). The van der Waals surface area contributed by atoms with Crippen molar-refractivity contribution in [2.45, 2.75) is 4.90 Å². The Morgan fingerprint density at radius 3 is 2.63 bits per heavy atom. The van der Waals surface area contributed by atoms with Crippen molar-refractivity contribution in [1.29, 1.82) is 0 Å². The number of amides is 1. The van der Waals surface area contributed by atoms with E-state index in [9.17, 15) is 13.2 Å². The number of nitrogens with zero attached hydrogens (tertiary/aromatic N) is 1. The van der Waals surface area contributed by atoms with Gasteiger partial charge in [0, 0.05) is 20.1 Å². The van der Waals surface area contributed by atoms with Crippen LogP contribution in [-0.2, 0) is 10.0 Å². The van der Waals surface area contributed by atoms with Crippen molar-refractivity contribution in [1.82, 2.24) is 9.62 Å². The number of halogens is 2. The maximum atomic E-state index is 12.2. The van der Waals surface area contributed by atoms with Gasteiger partial charge in [-0.2, -0.15) is 4.31 Å². The molecule has 0 saturated carbocycles. The summed E-state index contributed by atoms with van der Waals surface area (Å²) < 4.78 is 25.4. The van der Waals surface area contributed by atoms with Gasteiger partial charge >= 0.3 is 6.09 Å². The molecular weight excluding hydrogens is 315 g/mol. The Bertz CT molecular complexity index is 577. The molecule has 2 N–H and O–H groups in total. The van der Waals surface area contributed by atoms with Crippen LogP contribution in [0, 0.1) is 0 Å². The molecule has 0 saturated heterocycles. The molecule has 1 amide bonds. The number of nitrogens with one attached hydrogen (secondary N) is 1. The molecule has 1 aromatic rings. The third-order valence-corrected chi connectivity index (χ3v) is 5.14. The molecule has 106 valence electrons. The fourth-order valence-corrected chi connectivity index (χ4v) is 3.20. The molecule has 0 unspecified atom stereocenters. The summed E-state index contributed by atoms with van der Waals surface area (Å²) in [7, 11) is -2.48. The molecule has 0 radical (unpaired) electrons. The fraction of sp³-hybridized carbons (Fsp3) is 0.300. The second-order valence-electron chi connectivity index (χ2n) is 3.61. The van der Waals surface area contributed by atoms with E-state index in [4.69, 9.17) is 28.3 Å². The number of hydrogen-bond acceptors (Lipinski definition) is 3. The monoisotopic (exact) mass is 326 g/mol. The highest BCUT2D eigenvalue weighted by Crippen LogP contribution is 2.30. The number of carboxylic acid groups (broad SMARTS) is 1. The highest BCUT2D eigenvalue weighted by atomic mass is 35.5. The molecule has 0 fully saturated rings. The van der Waals surface area contributed by atoms with Gasteiger partial charge in [-0.15, -0.1) is 0 Å². The second kappa shape index (κ2) is 6.42. The first kappa shape index (κ1) is 16.0. The molecule has 6 nitrogen and oxygen atoms in total. The lowest BCUT2D eigenvalue weighted by molar-refractivity contribution is 0.194. The minimum Gasteiger partial charge on any atom is -0.465 e. The lowest BCUT2D eigenvalue weighted by Gasteiger charge is -2.18. The van der Waals surface area contributed by atoms with Gasteiger partial charge in [0.15, 0.2) is 0 Å². The minimum absolute atomic E-state index is 0.0164. The van der Waals surface area contributed by atoms with Gasteiger partial charge in [0.2, 0.25) is 10.0 Å². The van der Waals surface area contributed by atoms with Gasteiger partial charge in [0.25, 0.3) is 0 Å². The van der Waals surface area contributed by atoms with Crippen molar-refractivity contribution in [2.75, 3.05) is 20.1 Å². The van der Waals surface area contributed by atoms with Gasteiger partial charge in [-0.25, -0.2) is 13.2 Å². The molecule has 0 aliphatic heterocycles. The summed E-state index contributed by atoms with van der Waals surface area (Å²) in [6, 6.07) is 4.30. The largest absolute Gasteiger partial charge is 0.465 e. The average Bonchev–Trinajstić information content (AvgIpc) is 2.31. The first-order valence-corrected chi connectivity index (χ1v) is 7.33. The van der Waals surface area contributed by atoms with E-state index < -0.39 is 16.1 Å². The molecule has 19 heavy (non-hydrogen) atoms. The van der Waals surface area contributed by atoms with E-state index in [1.165, 1.54) is 25.2 Å². The number of carbonyl (C=O) groups is 1. The van der Waals surface area contributed by atoms with Crippen LogP contribution in [0.25, 0.3) is 0 Å². The summed E-state index contributed by atoms with van der Waals surface area (Å²) >= 11 is 11.6. The Balaban J connectivity index is 2.91. The summed E-state index contributed by atoms with van der Waals surface area (Å²) in [5, 5.41) is 10.6. The zero-order valence-electron chi connectivity index (χ0n) is 9.93. The van der Waals surface area contributed by atoms with Gasteiger partial charge in [-0.1, -0.05) is 29.3 Å². The Morgan fingerprint density at radius 1 is 1.42 bits per heavy atom. The molecule has 0 atom stereocenters. The second-order valence-corrected chi connectivity index (χ2v) is 6.41. The summed E-state index contributed by atoms with van der Waals surface area (Å²) in [6.45, 7) is -0.0409. The molecule has 0 aliphatic rings. The molecule has 0 aliphatic carbocycles. The van der Waals surface area contributed by atoms with Crippen molar-refractivity contribution >= 4 is 39.3 Å². The van der Waals surface area contributed by atoms with E-state index in [0.717, 1.165) is 4.31 Å². The van der Waals surface area contributed by atoms with E-state index in [-0.39, 0.29) is 28.0 Å².